The maximum atomic E-state index is 14.0. The van der Waals surface area contributed by atoms with Crippen molar-refractivity contribution in [3.05, 3.63) is 28.5 Å². The second-order valence-corrected chi connectivity index (χ2v) is 5.22. The van der Waals surface area contributed by atoms with Crippen LogP contribution in [0.3, 0.4) is 0 Å². The maximum absolute atomic E-state index is 14.0. The van der Waals surface area contributed by atoms with Crippen molar-refractivity contribution >= 4 is 11.6 Å². The number of nitrogens with one attached hydrogen (secondary N) is 1. The van der Waals surface area contributed by atoms with Gasteiger partial charge < -0.3 is 10.1 Å². The summed E-state index contributed by atoms with van der Waals surface area (Å²) in [7, 11) is 0. The molecule has 1 heterocycles. The number of halogens is 4. The van der Waals surface area contributed by atoms with Crippen molar-refractivity contribution in [3.63, 3.8) is 0 Å². The van der Waals surface area contributed by atoms with Crippen LogP contribution in [-0.2, 0) is 0 Å². The van der Waals surface area contributed by atoms with Gasteiger partial charge in [0.2, 0.25) is 0 Å². The van der Waals surface area contributed by atoms with Crippen LogP contribution in [0, 0.1) is 5.82 Å². The van der Waals surface area contributed by atoms with E-state index in [2.05, 4.69) is 5.32 Å². The third-order valence-electron chi connectivity index (χ3n) is 3.43. The average Bonchev–Trinajstić information content (AvgIpc) is 2.44. The first-order chi connectivity index (χ1) is 10.0. The second-order valence-electron chi connectivity index (χ2n) is 4.81. The van der Waals surface area contributed by atoms with Crippen molar-refractivity contribution < 1.29 is 17.9 Å². The summed E-state index contributed by atoms with van der Waals surface area (Å²) >= 11 is 5.96. The Hall–Kier alpha value is -0.980. The van der Waals surface area contributed by atoms with E-state index in [4.69, 9.17) is 16.3 Å². The highest BCUT2D eigenvalue weighted by atomic mass is 35.5. The van der Waals surface area contributed by atoms with E-state index >= 15 is 0 Å². The molecule has 1 fully saturated rings. The largest absolute Gasteiger partial charge is 0.489 e. The number of hydrogen-bond acceptors (Lipinski definition) is 3. The molecule has 0 saturated carbocycles. The molecule has 0 spiro atoms. The summed E-state index contributed by atoms with van der Waals surface area (Å²) < 4.78 is 45.9. The Labute approximate surface area is 127 Å². The summed E-state index contributed by atoms with van der Waals surface area (Å²) in [6, 6.07) is 1.30. The van der Waals surface area contributed by atoms with Crippen molar-refractivity contribution in [2.24, 2.45) is 0 Å². The van der Waals surface area contributed by atoms with Gasteiger partial charge in [-0.2, -0.15) is 0 Å². The molecule has 0 bridgehead atoms. The Morgan fingerprint density at radius 1 is 1.33 bits per heavy atom. The predicted molar refractivity (Wildman–Crippen MR) is 75.8 cm³/mol. The van der Waals surface area contributed by atoms with Gasteiger partial charge in [0, 0.05) is 26.2 Å². The molecule has 2 rings (SSSR count). The number of benzene rings is 1. The van der Waals surface area contributed by atoms with Crippen LogP contribution < -0.4 is 10.1 Å². The van der Waals surface area contributed by atoms with Crippen molar-refractivity contribution in [3.8, 4) is 5.75 Å². The van der Waals surface area contributed by atoms with E-state index in [-0.39, 0.29) is 22.9 Å². The lowest BCUT2D eigenvalue weighted by Gasteiger charge is -2.34. The summed E-state index contributed by atoms with van der Waals surface area (Å²) in [5, 5.41) is 3.12. The van der Waals surface area contributed by atoms with E-state index in [1.165, 1.54) is 6.07 Å². The molecule has 1 aromatic rings. The van der Waals surface area contributed by atoms with Crippen LogP contribution >= 0.6 is 11.6 Å². The third kappa shape index (κ3) is 3.81. The topological polar surface area (TPSA) is 24.5 Å². The Kier molecular flexibility index (Phi) is 5.72. The predicted octanol–water partition coefficient (Wildman–Crippen LogP) is 3.09. The minimum Gasteiger partial charge on any atom is -0.489 e. The molecule has 1 atom stereocenters. The van der Waals surface area contributed by atoms with Crippen LogP contribution in [0.4, 0.5) is 13.2 Å². The van der Waals surface area contributed by atoms with E-state index in [1.54, 1.807) is 11.8 Å². The first kappa shape index (κ1) is 16.4. The maximum Gasteiger partial charge on any atom is 0.258 e. The molecule has 1 aromatic carbocycles. The first-order valence-corrected chi connectivity index (χ1v) is 7.27. The lowest BCUT2D eigenvalue weighted by molar-refractivity contribution is 0.0180. The molecule has 118 valence electrons. The zero-order chi connectivity index (χ0) is 15.4. The summed E-state index contributed by atoms with van der Waals surface area (Å²) in [4.78, 5) is 1.65. The number of piperazine rings is 1. The fraction of sp³-hybridized carbons (Fsp3) is 0.571. The molecule has 0 amide bonds. The summed E-state index contributed by atoms with van der Waals surface area (Å²) in [6.45, 7) is 4.20. The molecular weight excluding hydrogens is 305 g/mol. The number of rotatable bonds is 5. The summed E-state index contributed by atoms with van der Waals surface area (Å²) in [5.74, 6) is -0.795. The van der Waals surface area contributed by atoms with Gasteiger partial charge in [0.1, 0.15) is 0 Å². The van der Waals surface area contributed by atoms with Gasteiger partial charge in [-0.05, 0) is 24.6 Å². The van der Waals surface area contributed by atoms with Gasteiger partial charge in [-0.25, -0.2) is 13.2 Å². The number of hydrogen-bond donors (Lipinski definition) is 1. The average molecular weight is 323 g/mol. The number of ether oxygens (including phenoxy) is 1. The lowest BCUT2D eigenvalue weighted by atomic mass is 10.0. The molecule has 7 heteroatoms. The molecule has 1 aliphatic rings. The molecular formula is C14H18ClF3N2O. The smallest absolute Gasteiger partial charge is 0.258 e. The molecule has 3 nitrogen and oxygen atoms in total. The molecule has 0 radical (unpaired) electrons. The quantitative estimate of drug-likeness (QED) is 0.901. The number of alkyl halides is 2. The fourth-order valence-electron chi connectivity index (χ4n) is 2.51. The van der Waals surface area contributed by atoms with Crippen molar-refractivity contribution in [2.75, 3.05) is 32.8 Å². The summed E-state index contributed by atoms with van der Waals surface area (Å²) in [5.41, 5.74) is 0.179. The van der Waals surface area contributed by atoms with Crippen molar-refractivity contribution in [1.29, 1.82) is 0 Å². The van der Waals surface area contributed by atoms with Gasteiger partial charge in [0.25, 0.3) is 6.43 Å². The van der Waals surface area contributed by atoms with Gasteiger partial charge in [-0.1, -0.05) is 11.6 Å². The zero-order valence-electron chi connectivity index (χ0n) is 11.7. The van der Waals surface area contributed by atoms with E-state index in [0.717, 1.165) is 6.07 Å². The summed E-state index contributed by atoms with van der Waals surface area (Å²) in [6.07, 6.45) is -2.61. The van der Waals surface area contributed by atoms with Gasteiger partial charge in [0.05, 0.1) is 17.7 Å². The molecule has 0 unspecified atom stereocenters. The minimum atomic E-state index is -2.61. The first-order valence-electron chi connectivity index (χ1n) is 6.89. The van der Waals surface area contributed by atoms with Gasteiger partial charge in [0.15, 0.2) is 11.6 Å². The van der Waals surface area contributed by atoms with Gasteiger partial charge in [-0.3, -0.25) is 4.90 Å². The second kappa shape index (κ2) is 7.33. The van der Waals surface area contributed by atoms with E-state index < -0.39 is 18.3 Å². The zero-order valence-corrected chi connectivity index (χ0v) is 12.5. The molecule has 1 saturated heterocycles. The molecule has 0 aliphatic carbocycles. The highest BCUT2D eigenvalue weighted by molar-refractivity contribution is 6.32. The minimum absolute atomic E-state index is 0.0210. The standard InChI is InChI=1S/C14H18ClF3N2O/c1-2-21-13-10(15)7-9(8-11(13)16)12(14(17)18)20-5-3-19-4-6-20/h7-8,12,14,19H,2-6H2,1H3/t12-/m1/s1. The molecule has 21 heavy (non-hydrogen) atoms. The highest BCUT2D eigenvalue weighted by Crippen LogP contribution is 2.35. The van der Waals surface area contributed by atoms with Gasteiger partial charge in [-0.15, -0.1) is 0 Å². The SMILES string of the molecule is CCOc1c(F)cc([C@H](C(F)F)N2CCNCC2)cc1Cl. The Morgan fingerprint density at radius 2 is 2.00 bits per heavy atom. The molecule has 0 aromatic heterocycles. The molecule has 1 N–H and O–H groups in total. The Balaban J connectivity index is 2.32. The van der Waals surface area contributed by atoms with Crippen LogP contribution in [0.2, 0.25) is 5.02 Å². The van der Waals surface area contributed by atoms with Crippen LogP contribution in [0.25, 0.3) is 0 Å². The van der Waals surface area contributed by atoms with E-state index in [1.807, 2.05) is 0 Å². The van der Waals surface area contributed by atoms with Crippen LogP contribution in [0.5, 0.6) is 5.75 Å². The normalized spacial score (nSPS) is 18.0. The van der Waals surface area contributed by atoms with Crippen molar-refractivity contribution in [1.82, 2.24) is 10.2 Å². The van der Waals surface area contributed by atoms with Gasteiger partial charge >= 0.3 is 0 Å². The third-order valence-corrected chi connectivity index (χ3v) is 3.72. The Morgan fingerprint density at radius 3 is 2.52 bits per heavy atom. The van der Waals surface area contributed by atoms with Crippen LogP contribution in [0.1, 0.15) is 18.5 Å². The fourth-order valence-corrected chi connectivity index (χ4v) is 2.78. The Bertz CT molecular complexity index is 458. The monoisotopic (exact) mass is 322 g/mol. The van der Waals surface area contributed by atoms with Crippen LogP contribution in [-0.4, -0.2) is 44.1 Å². The van der Waals surface area contributed by atoms with E-state index in [9.17, 15) is 13.2 Å². The molecule has 1 aliphatic heterocycles. The van der Waals surface area contributed by atoms with E-state index in [0.29, 0.717) is 26.2 Å². The lowest BCUT2D eigenvalue weighted by Crippen LogP contribution is -2.46. The number of nitrogens with zero attached hydrogens (tertiary/aromatic N) is 1. The highest BCUT2D eigenvalue weighted by Gasteiger charge is 2.31. The van der Waals surface area contributed by atoms with Crippen molar-refractivity contribution in [2.45, 2.75) is 19.4 Å². The van der Waals surface area contributed by atoms with Crippen LogP contribution in [0.15, 0.2) is 12.1 Å².